The summed E-state index contributed by atoms with van der Waals surface area (Å²) < 4.78 is 20.5. The number of aryl methyl sites for hydroxylation is 1. The lowest BCUT2D eigenvalue weighted by molar-refractivity contribution is -0.143. The van der Waals surface area contributed by atoms with Crippen LogP contribution in [0.5, 0.6) is 11.5 Å². The maximum atomic E-state index is 11.2. The normalized spacial score (nSPS) is 12.2. The molecule has 0 radical (unpaired) electrons. The summed E-state index contributed by atoms with van der Waals surface area (Å²) in [5.74, 6) is 0.326. The summed E-state index contributed by atoms with van der Waals surface area (Å²) in [6.07, 6.45) is -1.72. The van der Waals surface area contributed by atoms with Gasteiger partial charge >= 0.3 is 11.9 Å². The van der Waals surface area contributed by atoms with Crippen molar-refractivity contribution in [2.24, 2.45) is 0 Å². The van der Waals surface area contributed by atoms with Crippen molar-refractivity contribution >= 4 is 11.9 Å². The molecular formula is C31H42O8. The molecule has 0 aliphatic heterocycles. The van der Waals surface area contributed by atoms with E-state index < -0.39 is 24.1 Å². The van der Waals surface area contributed by atoms with Gasteiger partial charge in [0.05, 0.1) is 0 Å². The summed E-state index contributed by atoms with van der Waals surface area (Å²) in [5, 5.41) is 19.3. The molecule has 39 heavy (non-hydrogen) atoms. The highest BCUT2D eigenvalue weighted by Crippen LogP contribution is 2.24. The lowest BCUT2D eigenvalue weighted by Crippen LogP contribution is -2.25. The van der Waals surface area contributed by atoms with E-state index in [1.165, 1.54) is 5.56 Å². The largest absolute Gasteiger partial charge is 0.491 e. The first-order chi connectivity index (χ1) is 18.2. The molecular weight excluding hydrogens is 500 g/mol. The van der Waals surface area contributed by atoms with Crippen LogP contribution in [0, 0.1) is 6.92 Å². The fourth-order valence-corrected chi connectivity index (χ4v) is 2.76. The number of carbonyl (C=O) groups is 2. The number of rotatable bonds is 12. The molecule has 0 aromatic heterocycles. The summed E-state index contributed by atoms with van der Waals surface area (Å²) in [5.41, 5.74) is 3.06. The molecule has 2 N–H and O–H groups in total. The third-order valence-electron chi connectivity index (χ3n) is 5.14. The van der Waals surface area contributed by atoms with E-state index in [0.29, 0.717) is 22.6 Å². The molecule has 214 valence electrons. The van der Waals surface area contributed by atoms with Gasteiger partial charge in [-0.05, 0) is 56.0 Å². The molecule has 0 fully saturated rings. The van der Waals surface area contributed by atoms with Gasteiger partial charge in [0, 0.05) is 11.1 Å². The topological polar surface area (TPSA) is 112 Å². The third-order valence-corrected chi connectivity index (χ3v) is 5.14. The Kier molecular flexibility index (Phi) is 14.0. The zero-order valence-corrected chi connectivity index (χ0v) is 23.9. The minimum atomic E-state index is -0.865. The van der Waals surface area contributed by atoms with Gasteiger partial charge in [0.2, 0.25) is 0 Å². The smallest absolute Gasteiger partial charge is 0.333 e. The van der Waals surface area contributed by atoms with Gasteiger partial charge in [0.15, 0.2) is 0 Å². The Balaban J connectivity index is 0.000000395. The average Bonchev–Trinajstić information content (AvgIpc) is 2.88. The highest BCUT2D eigenvalue weighted by Gasteiger charge is 2.14. The number of hydrogen-bond acceptors (Lipinski definition) is 8. The first-order valence-electron chi connectivity index (χ1n) is 12.6. The second-order valence-electron chi connectivity index (χ2n) is 10.3. The van der Waals surface area contributed by atoms with Gasteiger partial charge in [-0.1, -0.05) is 63.8 Å². The van der Waals surface area contributed by atoms with E-state index in [1.54, 1.807) is 13.8 Å². The molecule has 0 spiro atoms. The Hall–Kier alpha value is -3.62. The number of hydrogen-bond donors (Lipinski definition) is 2. The second kappa shape index (κ2) is 16.4. The zero-order chi connectivity index (χ0) is 29.6. The van der Waals surface area contributed by atoms with Gasteiger partial charge in [-0.15, -0.1) is 0 Å². The first-order valence-corrected chi connectivity index (χ1v) is 12.6. The van der Waals surface area contributed by atoms with Gasteiger partial charge < -0.3 is 29.2 Å². The fraction of sp³-hybridized carbons (Fsp3) is 0.419. The van der Waals surface area contributed by atoms with Crippen molar-refractivity contribution in [3.63, 3.8) is 0 Å². The Labute approximate surface area is 231 Å². The van der Waals surface area contributed by atoms with Crippen molar-refractivity contribution in [2.75, 3.05) is 26.4 Å². The highest BCUT2D eigenvalue weighted by molar-refractivity contribution is 5.87. The van der Waals surface area contributed by atoms with Crippen molar-refractivity contribution < 1.29 is 38.7 Å². The quantitative estimate of drug-likeness (QED) is 0.293. The Morgan fingerprint density at radius 1 is 0.718 bits per heavy atom. The van der Waals surface area contributed by atoms with Crippen LogP contribution in [0.3, 0.4) is 0 Å². The van der Waals surface area contributed by atoms with Crippen LogP contribution < -0.4 is 9.47 Å². The van der Waals surface area contributed by atoms with Gasteiger partial charge in [-0.2, -0.15) is 0 Å². The molecule has 0 amide bonds. The van der Waals surface area contributed by atoms with E-state index in [2.05, 4.69) is 33.9 Å². The number of ether oxygens (including phenoxy) is 4. The van der Waals surface area contributed by atoms with Gasteiger partial charge in [0.25, 0.3) is 0 Å². The van der Waals surface area contributed by atoms with Crippen LogP contribution >= 0.6 is 0 Å². The van der Waals surface area contributed by atoms with E-state index in [-0.39, 0.29) is 31.8 Å². The van der Waals surface area contributed by atoms with Crippen molar-refractivity contribution in [2.45, 2.75) is 59.2 Å². The summed E-state index contributed by atoms with van der Waals surface area (Å²) in [6, 6.07) is 15.2. The molecule has 0 aliphatic carbocycles. The maximum absolute atomic E-state index is 11.2. The lowest BCUT2D eigenvalue weighted by Gasteiger charge is -2.19. The molecule has 0 heterocycles. The van der Waals surface area contributed by atoms with E-state index >= 15 is 0 Å². The standard InChI is InChI=1S/C17H24O4.C14H18O4/c1-12(2)16(19)21-11-14(18)10-20-15-8-6-13(7-9-15)17(3,4)5;1-10(2)14(16)18-9-12(15)8-17-13-6-4-11(3)5-7-13/h6-9,14,18H,1,10-11H2,2-5H3;4-7,12,15H,1,8-9H2,2-3H3. The van der Waals surface area contributed by atoms with Crippen molar-refractivity contribution in [3.8, 4) is 11.5 Å². The molecule has 0 aliphatic rings. The molecule has 0 bridgehead atoms. The maximum Gasteiger partial charge on any atom is 0.333 e. The minimum absolute atomic E-state index is 0.0678. The predicted molar refractivity (Wildman–Crippen MR) is 151 cm³/mol. The van der Waals surface area contributed by atoms with Crippen LogP contribution in [0.15, 0.2) is 72.8 Å². The molecule has 8 nitrogen and oxygen atoms in total. The molecule has 2 aromatic rings. The summed E-state index contributed by atoms with van der Waals surface area (Å²) in [4.78, 5) is 22.3. The lowest BCUT2D eigenvalue weighted by atomic mass is 9.87. The molecule has 0 saturated carbocycles. The zero-order valence-electron chi connectivity index (χ0n) is 23.9. The molecule has 0 saturated heterocycles. The van der Waals surface area contributed by atoms with Gasteiger partial charge in [-0.25, -0.2) is 9.59 Å². The molecule has 2 rings (SSSR count). The number of benzene rings is 2. The van der Waals surface area contributed by atoms with Crippen LogP contribution in [-0.4, -0.2) is 60.8 Å². The first kappa shape index (κ1) is 33.4. The minimum Gasteiger partial charge on any atom is -0.491 e. The Morgan fingerprint density at radius 3 is 1.41 bits per heavy atom. The van der Waals surface area contributed by atoms with Gasteiger partial charge in [0.1, 0.15) is 50.1 Å². The van der Waals surface area contributed by atoms with Crippen LogP contribution in [0.4, 0.5) is 0 Å². The number of esters is 2. The number of aliphatic hydroxyl groups is 2. The predicted octanol–water partition coefficient (Wildman–Crippen LogP) is 4.70. The SMILES string of the molecule is C=C(C)C(=O)OCC(O)COc1ccc(C(C)(C)C)cc1.C=C(C)C(=O)OCC(O)COc1ccc(C)cc1. The van der Waals surface area contributed by atoms with E-state index in [1.807, 2.05) is 55.5 Å². The summed E-state index contributed by atoms with van der Waals surface area (Å²) in [6.45, 7) is 18.4. The molecule has 2 aromatic carbocycles. The number of aliphatic hydroxyl groups excluding tert-OH is 2. The molecule has 8 heteroatoms. The number of carbonyl (C=O) groups excluding carboxylic acids is 2. The monoisotopic (exact) mass is 542 g/mol. The molecule has 2 unspecified atom stereocenters. The van der Waals surface area contributed by atoms with Crippen molar-refractivity contribution in [1.82, 2.24) is 0 Å². The Morgan fingerprint density at radius 2 is 1.08 bits per heavy atom. The summed E-state index contributed by atoms with van der Waals surface area (Å²) in [7, 11) is 0. The van der Waals surface area contributed by atoms with Crippen LogP contribution in [0.2, 0.25) is 0 Å². The third kappa shape index (κ3) is 14.2. The van der Waals surface area contributed by atoms with E-state index in [9.17, 15) is 19.8 Å². The van der Waals surface area contributed by atoms with Crippen molar-refractivity contribution in [1.29, 1.82) is 0 Å². The van der Waals surface area contributed by atoms with E-state index in [0.717, 1.165) is 5.56 Å². The van der Waals surface area contributed by atoms with Crippen LogP contribution in [0.1, 0.15) is 45.7 Å². The van der Waals surface area contributed by atoms with Gasteiger partial charge in [-0.3, -0.25) is 0 Å². The second-order valence-corrected chi connectivity index (χ2v) is 10.3. The van der Waals surface area contributed by atoms with Crippen LogP contribution in [-0.2, 0) is 24.5 Å². The Bertz CT molecular complexity index is 1070. The summed E-state index contributed by atoms with van der Waals surface area (Å²) >= 11 is 0. The van der Waals surface area contributed by atoms with E-state index in [4.69, 9.17) is 18.9 Å². The highest BCUT2D eigenvalue weighted by atomic mass is 16.6. The fourth-order valence-electron chi connectivity index (χ4n) is 2.76. The average molecular weight is 543 g/mol. The van der Waals surface area contributed by atoms with Crippen molar-refractivity contribution in [3.05, 3.63) is 84.0 Å². The molecule has 2 atom stereocenters. The van der Waals surface area contributed by atoms with Crippen LogP contribution in [0.25, 0.3) is 0 Å².